The number of phenols is 1. The molecule has 1 unspecified atom stereocenters. The van der Waals surface area contributed by atoms with Gasteiger partial charge in [-0.25, -0.2) is 4.39 Å². The number of rotatable bonds is 5. The Hall–Kier alpha value is -1.09. The van der Waals surface area contributed by atoms with Crippen LogP contribution in [-0.2, 0) is 0 Å². The molecule has 1 aromatic rings. The molecule has 0 radical (unpaired) electrons. The van der Waals surface area contributed by atoms with Gasteiger partial charge in [-0.05, 0) is 44.6 Å². The van der Waals surface area contributed by atoms with Crippen LogP contribution in [0.15, 0.2) is 18.2 Å². The van der Waals surface area contributed by atoms with Crippen molar-refractivity contribution in [3.8, 4) is 5.75 Å². The second-order valence-electron chi connectivity index (χ2n) is 6.10. The van der Waals surface area contributed by atoms with Crippen molar-refractivity contribution < 1.29 is 9.50 Å². The van der Waals surface area contributed by atoms with Crippen LogP contribution in [0, 0.1) is 11.7 Å². The summed E-state index contributed by atoms with van der Waals surface area (Å²) < 4.78 is 13.8. The van der Waals surface area contributed by atoms with E-state index >= 15 is 0 Å². The number of hydrogen-bond acceptors (Lipinski definition) is 2. The van der Waals surface area contributed by atoms with E-state index in [2.05, 4.69) is 12.2 Å². The minimum Gasteiger partial charge on any atom is -0.508 e. The molecule has 112 valence electrons. The number of aromatic hydroxyl groups is 1. The summed E-state index contributed by atoms with van der Waals surface area (Å²) in [5.74, 6) is 0.543. The van der Waals surface area contributed by atoms with Crippen LogP contribution in [0.1, 0.15) is 64.0 Å². The fraction of sp³-hybridized carbons (Fsp3) is 0.647. The zero-order valence-electron chi connectivity index (χ0n) is 12.5. The second kappa shape index (κ2) is 7.07. The Morgan fingerprint density at radius 1 is 1.30 bits per heavy atom. The lowest BCUT2D eigenvalue weighted by Gasteiger charge is -2.31. The Morgan fingerprint density at radius 2 is 2.00 bits per heavy atom. The van der Waals surface area contributed by atoms with Gasteiger partial charge in [0.15, 0.2) is 0 Å². The predicted octanol–water partition coefficient (Wildman–Crippen LogP) is 4.54. The van der Waals surface area contributed by atoms with E-state index in [-0.39, 0.29) is 17.6 Å². The molecule has 2 N–H and O–H groups in total. The molecule has 3 heteroatoms. The highest BCUT2D eigenvalue weighted by Crippen LogP contribution is 2.29. The molecule has 1 aliphatic carbocycles. The van der Waals surface area contributed by atoms with Gasteiger partial charge < -0.3 is 10.4 Å². The SMILES string of the molecule is CCCC1CCC(NC(C)c2ccc(O)cc2F)CC1. The van der Waals surface area contributed by atoms with Crippen molar-refractivity contribution in [2.75, 3.05) is 0 Å². The average molecular weight is 279 g/mol. The van der Waals surface area contributed by atoms with Crippen molar-refractivity contribution in [2.45, 2.75) is 64.5 Å². The van der Waals surface area contributed by atoms with Gasteiger partial charge in [-0.3, -0.25) is 0 Å². The number of nitrogens with one attached hydrogen (secondary N) is 1. The van der Waals surface area contributed by atoms with Gasteiger partial charge in [-0.1, -0.05) is 25.8 Å². The van der Waals surface area contributed by atoms with Crippen LogP contribution in [-0.4, -0.2) is 11.1 Å². The van der Waals surface area contributed by atoms with Crippen LogP contribution in [0.25, 0.3) is 0 Å². The Balaban J connectivity index is 1.87. The maximum Gasteiger partial charge on any atom is 0.131 e. The molecule has 0 bridgehead atoms. The molecule has 1 aliphatic rings. The standard InChI is InChI=1S/C17H26FNO/c1-3-4-13-5-7-14(8-6-13)19-12(2)16-10-9-15(20)11-17(16)18/h9-14,19-20H,3-8H2,1-2H3. The highest BCUT2D eigenvalue weighted by molar-refractivity contribution is 5.29. The molecule has 0 aromatic heterocycles. The summed E-state index contributed by atoms with van der Waals surface area (Å²) in [5, 5.41) is 12.8. The first kappa shape index (κ1) is 15.3. The lowest BCUT2D eigenvalue weighted by molar-refractivity contribution is 0.265. The monoisotopic (exact) mass is 279 g/mol. The predicted molar refractivity (Wildman–Crippen MR) is 80.3 cm³/mol. The van der Waals surface area contributed by atoms with Gasteiger partial charge in [0.1, 0.15) is 11.6 Å². The molecule has 2 nitrogen and oxygen atoms in total. The lowest BCUT2D eigenvalue weighted by atomic mass is 9.83. The van der Waals surface area contributed by atoms with Crippen molar-refractivity contribution in [3.63, 3.8) is 0 Å². The Kier molecular flexibility index (Phi) is 5.41. The van der Waals surface area contributed by atoms with E-state index in [1.54, 1.807) is 12.1 Å². The number of halogens is 1. The molecular weight excluding hydrogens is 253 g/mol. The number of hydrogen-bond donors (Lipinski definition) is 2. The lowest BCUT2D eigenvalue weighted by Crippen LogP contribution is -2.35. The quantitative estimate of drug-likeness (QED) is 0.829. The van der Waals surface area contributed by atoms with Crippen molar-refractivity contribution >= 4 is 0 Å². The zero-order chi connectivity index (χ0) is 14.5. The summed E-state index contributed by atoms with van der Waals surface area (Å²) in [7, 11) is 0. The minimum atomic E-state index is -0.329. The second-order valence-corrected chi connectivity index (χ2v) is 6.10. The van der Waals surface area contributed by atoms with E-state index in [4.69, 9.17) is 0 Å². The molecule has 0 aliphatic heterocycles. The first-order valence-electron chi connectivity index (χ1n) is 7.84. The van der Waals surface area contributed by atoms with Gasteiger partial charge in [0.25, 0.3) is 0 Å². The smallest absolute Gasteiger partial charge is 0.131 e. The van der Waals surface area contributed by atoms with E-state index in [1.807, 2.05) is 6.92 Å². The molecule has 1 aromatic carbocycles. The van der Waals surface area contributed by atoms with E-state index in [1.165, 1.54) is 44.6 Å². The molecule has 20 heavy (non-hydrogen) atoms. The van der Waals surface area contributed by atoms with Crippen molar-refractivity contribution in [2.24, 2.45) is 5.92 Å². The molecule has 1 fully saturated rings. The van der Waals surface area contributed by atoms with E-state index < -0.39 is 0 Å². The molecule has 0 spiro atoms. The Labute approximate surface area is 121 Å². The van der Waals surface area contributed by atoms with Crippen LogP contribution in [0.2, 0.25) is 0 Å². The van der Waals surface area contributed by atoms with Crippen LogP contribution in [0.5, 0.6) is 5.75 Å². The molecule has 1 atom stereocenters. The normalized spacial score (nSPS) is 24.6. The van der Waals surface area contributed by atoms with Crippen LogP contribution in [0.3, 0.4) is 0 Å². The first-order chi connectivity index (χ1) is 9.60. The third-order valence-corrected chi connectivity index (χ3v) is 4.48. The molecule has 0 saturated heterocycles. The fourth-order valence-electron chi connectivity index (χ4n) is 3.34. The van der Waals surface area contributed by atoms with Gasteiger partial charge in [-0.15, -0.1) is 0 Å². The van der Waals surface area contributed by atoms with Crippen LogP contribution >= 0.6 is 0 Å². The topological polar surface area (TPSA) is 32.3 Å². The van der Waals surface area contributed by atoms with Gasteiger partial charge in [0, 0.05) is 23.7 Å². The highest BCUT2D eigenvalue weighted by atomic mass is 19.1. The molecule has 2 rings (SSSR count). The van der Waals surface area contributed by atoms with Crippen LogP contribution in [0.4, 0.5) is 4.39 Å². The van der Waals surface area contributed by atoms with Crippen molar-refractivity contribution in [1.82, 2.24) is 5.32 Å². The Morgan fingerprint density at radius 3 is 2.60 bits per heavy atom. The summed E-state index contributed by atoms with van der Waals surface area (Å²) in [6, 6.07) is 4.89. The van der Waals surface area contributed by atoms with Crippen LogP contribution < -0.4 is 5.32 Å². The third kappa shape index (κ3) is 3.95. The largest absolute Gasteiger partial charge is 0.508 e. The third-order valence-electron chi connectivity index (χ3n) is 4.48. The maximum atomic E-state index is 13.8. The minimum absolute atomic E-state index is 0.0108. The maximum absolute atomic E-state index is 13.8. The van der Waals surface area contributed by atoms with E-state index in [0.717, 1.165) is 5.92 Å². The molecule has 0 heterocycles. The molecule has 1 saturated carbocycles. The summed E-state index contributed by atoms with van der Waals surface area (Å²) in [6.07, 6.45) is 7.57. The summed E-state index contributed by atoms with van der Waals surface area (Å²) >= 11 is 0. The van der Waals surface area contributed by atoms with E-state index in [0.29, 0.717) is 11.6 Å². The summed E-state index contributed by atoms with van der Waals surface area (Å²) in [4.78, 5) is 0. The molecular formula is C17H26FNO. The van der Waals surface area contributed by atoms with Crippen molar-refractivity contribution in [1.29, 1.82) is 0 Å². The average Bonchev–Trinajstić information content (AvgIpc) is 2.41. The van der Waals surface area contributed by atoms with E-state index in [9.17, 15) is 9.50 Å². The van der Waals surface area contributed by atoms with Gasteiger partial charge >= 0.3 is 0 Å². The fourth-order valence-corrected chi connectivity index (χ4v) is 3.34. The van der Waals surface area contributed by atoms with Gasteiger partial charge in [0.05, 0.1) is 0 Å². The summed E-state index contributed by atoms with van der Waals surface area (Å²) in [6.45, 7) is 4.24. The highest BCUT2D eigenvalue weighted by Gasteiger charge is 2.22. The summed E-state index contributed by atoms with van der Waals surface area (Å²) in [5.41, 5.74) is 0.637. The van der Waals surface area contributed by atoms with Gasteiger partial charge in [0.2, 0.25) is 0 Å². The van der Waals surface area contributed by atoms with Crippen molar-refractivity contribution in [3.05, 3.63) is 29.6 Å². The van der Waals surface area contributed by atoms with Gasteiger partial charge in [-0.2, -0.15) is 0 Å². The number of phenolic OH excluding ortho intramolecular Hbond substituents is 1. The zero-order valence-corrected chi connectivity index (χ0v) is 12.5. The molecule has 0 amide bonds. The first-order valence-corrected chi connectivity index (χ1v) is 7.84. The Bertz CT molecular complexity index is 427. The number of benzene rings is 1.